The van der Waals surface area contributed by atoms with Gasteiger partial charge in [-0.15, -0.1) is 0 Å². The minimum absolute atomic E-state index is 0.961. The van der Waals surface area contributed by atoms with Crippen LogP contribution < -0.4 is 0 Å². The lowest BCUT2D eigenvalue weighted by molar-refractivity contribution is 0.678. The summed E-state index contributed by atoms with van der Waals surface area (Å²) in [6.07, 6.45) is 3.58. The van der Waals surface area contributed by atoms with Gasteiger partial charge in [-0.3, -0.25) is 4.21 Å². The van der Waals surface area contributed by atoms with Crippen LogP contribution in [0.5, 0.6) is 0 Å². The van der Waals surface area contributed by atoms with Gasteiger partial charge in [-0.25, -0.2) is 0 Å². The maximum absolute atomic E-state index is 11.5. The third-order valence-electron chi connectivity index (χ3n) is 1.66. The summed E-state index contributed by atoms with van der Waals surface area (Å²) in [5, 5.41) is 0. The maximum Gasteiger partial charge on any atom is 0.0142 e. The Hall–Kier alpha value is -0.630. The summed E-state index contributed by atoms with van der Waals surface area (Å²) in [5.74, 6) is 0. The Morgan fingerprint density at radius 3 is 1.91 bits per heavy atom. The molecule has 0 bridgehead atoms. The number of thiol groups is 1. The number of aryl methyl sites for hydroxylation is 1. The molecule has 1 rings (SSSR count). The Morgan fingerprint density at radius 2 is 1.55 bits per heavy atom. The maximum atomic E-state index is 11.5. The first-order valence-corrected chi connectivity index (χ1v) is 6.22. The molecule has 0 spiro atoms. The standard InChI is InChI=1S/C9H14OS/c1-8-4-6-9(7-5-8)11(2,3)10/h4-7,11H,1-3H3. The molecule has 0 saturated carbocycles. The predicted molar refractivity (Wildman–Crippen MR) is 50.8 cm³/mol. The fourth-order valence-corrected chi connectivity index (χ4v) is 1.77. The zero-order chi connectivity index (χ0) is 8.48. The summed E-state index contributed by atoms with van der Waals surface area (Å²) in [7, 11) is -2.04. The van der Waals surface area contributed by atoms with Gasteiger partial charge in [0.15, 0.2) is 0 Å². The lowest BCUT2D eigenvalue weighted by atomic mass is 10.2. The zero-order valence-corrected chi connectivity index (χ0v) is 8.06. The molecule has 0 aliphatic heterocycles. The van der Waals surface area contributed by atoms with Gasteiger partial charge < -0.3 is 0 Å². The lowest BCUT2D eigenvalue weighted by Crippen LogP contribution is -2.05. The van der Waals surface area contributed by atoms with Crippen LogP contribution >= 0.6 is 0 Å². The van der Waals surface area contributed by atoms with E-state index in [9.17, 15) is 4.21 Å². The second-order valence-electron chi connectivity index (χ2n) is 3.19. The fraction of sp³-hybridized carbons (Fsp3) is 0.333. The van der Waals surface area contributed by atoms with Crippen LogP contribution in [0.25, 0.3) is 0 Å². The molecule has 0 aliphatic rings. The zero-order valence-electron chi connectivity index (χ0n) is 7.16. The van der Waals surface area contributed by atoms with Crippen LogP contribution in [0.1, 0.15) is 5.56 Å². The van der Waals surface area contributed by atoms with Crippen molar-refractivity contribution in [2.24, 2.45) is 0 Å². The normalized spacial score (nSPS) is 13.0. The van der Waals surface area contributed by atoms with Crippen LogP contribution in [-0.4, -0.2) is 16.7 Å². The van der Waals surface area contributed by atoms with Crippen LogP contribution in [0.2, 0.25) is 0 Å². The van der Waals surface area contributed by atoms with E-state index >= 15 is 0 Å². The van der Waals surface area contributed by atoms with Crippen LogP contribution in [0.4, 0.5) is 0 Å². The molecule has 1 nitrogen and oxygen atoms in total. The van der Waals surface area contributed by atoms with Gasteiger partial charge in [0.05, 0.1) is 0 Å². The first kappa shape index (κ1) is 8.47. The van der Waals surface area contributed by atoms with E-state index in [-0.39, 0.29) is 0 Å². The summed E-state index contributed by atoms with van der Waals surface area (Å²) in [5.41, 5.74) is 1.21. The van der Waals surface area contributed by atoms with Gasteiger partial charge in [0.25, 0.3) is 0 Å². The SMILES string of the molecule is Cc1ccc([SH](C)(C)=O)cc1. The quantitative estimate of drug-likeness (QED) is 0.634. The highest BCUT2D eigenvalue weighted by atomic mass is 32.2. The molecular formula is C9H14OS. The Balaban J connectivity index is 3.09. The van der Waals surface area contributed by atoms with Crippen molar-refractivity contribution in [1.29, 1.82) is 0 Å². The van der Waals surface area contributed by atoms with E-state index in [0.717, 1.165) is 4.90 Å². The van der Waals surface area contributed by atoms with E-state index in [1.165, 1.54) is 5.56 Å². The van der Waals surface area contributed by atoms with Crippen molar-refractivity contribution in [3.8, 4) is 0 Å². The second kappa shape index (κ2) is 2.78. The molecule has 0 radical (unpaired) electrons. The molecule has 2 heteroatoms. The molecule has 0 amide bonds. The van der Waals surface area contributed by atoms with Crippen molar-refractivity contribution in [3.05, 3.63) is 29.8 Å². The summed E-state index contributed by atoms with van der Waals surface area (Å²) in [6, 6.07) is 7.87. The molecule has 0 aromatic heterocycles. The van der Waals surface area contributed by atoms with Gasteiger partial charge in [0.2, 0.25) is 0 Å². The summed E-state index contributed by atoms with van der Waals surface area (Å²) < 4.78 is 11.5. The van der Waals surface area contributed by atoms with E-state index in [0.29, 0.717) is 0 Å². The van der Waals surface area contributed by atoms with E-state index < -0.39 is 9.93 Å². The van der Waals surface area contributed by atoms with Gasteiger partial charge in [-0.2, -0.15) is 0 Å². The molecule has 0 heterocycles. The highest BCUT2D eigenvalue weighted by Crippen LogP contribution is 2.13. The minimum atomic E-state index is -2.04. The van der Waals surface area contributed by atoms with Crippen molar-refractivity contribution in [3.63, 3.8) is 0 Å². The van der Waals surface area contributed by atoms with Gasteiger partial charge in [-0.1, -0.05) is 27.6 Å². The third-order valence-corrected chi connectivity index (χ3v) is 3.20. The highest BCUT2D eigenvalue weighted by molar-refractivity contribution is 8.01. The van der Waals surface area contributed by atoms with Crippen LogP contribution in [0.15, 0.2) is 29.2 Å². The van der Waals surface area contributed by atoms with E-state index in [1.807, 2.05) is 31.2 Å². The van der Waals surface area contributed by atoms with Crippen molar-refractivity contribution >= 4 is 9.93 Å². The van der Waals surface area contributed by atoms with Gasteiger partial charge in [0, 0.05) is 4.90 Å². The summed E-state index contributed by atoms with van der Waals surface area (Å²) in [6.45, 7) is 2.03. The molecule has 0 aliphatic carbocycles. The minimum Gasteiger partial charge on any atom is -0.281 e. The van der Waals surface area contributed by atoms with Gasteiger partial charge in [-0.05, 0) is 31.6 Å². The monoisotopic (exact) mass is 170 g/mol. The third kappa shape index (κ3) is 2.15. The van der Waals surface area contributed by atoms with Gasteiger partial charge in [0.1, 0.15) is 0 Å². The predicted octanol–water partition coefficient (Wildman–Crippen LogP) is 1.63. The molecule has 11 heavy (non-hydrogen) atoms. The Bertz CT molecular complexity index is 281. The molecule has 0 fully saturated rings. The van der Waals surface area contributed by atoms with E-state index in [1.54, 1.807) is 12.5 Å². The van der Waals surface area contributed by atoms with E-state index in [4.69, 9.17) is 0 Å². The number of hydrogen-bond donors (Lipinski definition) is 1. The number of benzene rings is 1. The first-order valence-electron chi connectivity index (χ1n) is 3.62. The second-order valence-corrected chi connectivity index (χ2v) is 6.40. The Kier molecular flexibility index (Phi) is 2.14. The molecule has 0 N–H and O–H groups in total. The fourth-order valence-electron chi connectivity index (χ4n) is 0.904. The van der Waals surface area contributed by atoms with Crippen molar-refractivity contribution in [2.45, 2.75) is 11.8 Å². The molecule has 1 aromatic carbocycles. The summed E-state index contributed by atoms with van der Waals surface area (Å²) in [4.78, 5) is 0.961. The number of rotatable bonds is 1. The molecular weight excluding hydrogens is 156 g/mol. The number of hydrogen-bond acceptors (Lipinski definition) is 1. The molecule has 1 aromatic rings. The average molecular weight is 170 g/mol. The smallest absolute Gasteiger partial charge is 0.0142 e. The van der Waals surface area contributed by atoms with Crippen LogP contribution in [-0.2, 0) is 9.93 Å². The Morgan fingerprint density at radius 1 is 1.09 bits per heavy atom. The molecule has 62 valence electrons. The van der Waals surface area contributed by atoms with Gasteiger partial charge >= 0.3 is 0 Å². The highest BCUT2D eigenvalue weighted by Gasteiger charge is 2.02. The van der Waals surface area contributed by atoms with Crippen molar-refractivity contribution in [1.82, 2.24) is 0 Å². The molecule has 0 saturated heterocycles. The van der Waals surface area contributed by atoms with Crippen molar-refractivity contribution < 1.29 is 4.21 Å². The Labute approximate surface area is 68.9 Å². The topological polar surface area (TPSA) is 17.1 Å². The molecule has 0 unspecified atom stereocenters. The largest absolute Gasteiger partial charge is 0.281 e. The van der Waals surface area contributed by atoms with Crippen LogP contribution in [0, 0.1) is 6.92 Å². The van der Waals surface area contributed by atoms with E-state index in [2.05, 4.69) is 0 Å². The van der Waals surface area contributed by atoms with Crippen molar-refractivity contribution in [2.75, 3.05) is 12.5 Å². The molecule has 0 atom stereocenters. The summed E-state index contributed by atoms with van der Waals surface area (Å²) >= 11 is 0. The average Bonchev–Trinajstić information content (AvgIpc) is 1.86. The van der Waals surface area contributed by atoms with Crippen LogP contribution in [0.3, 0.4) is 0 Å². The first-order chi connectivity index (χ1) is 5.00. The lowest BCUT2D eigenvalue weighted by Gasteiger charge is -2.11.